The molecule has 0 aromatic heterocycles. The SMILES string of the molecule is CC(C(=O)N(C)C1CCCCC1S(C)(=O)=O)C(N)c1ccccc1. The van der Waals surface area contributed by atoms with Gasteiger partial charge in [-0.2, -0.15) is 0 Å². The second kappa shape index (κ2) is 7.66. The molecular formula is C18H28N2O3S. The monoisotopic (exact) mass is 352 g/mol. The van der Waals surface area contributed by atoms with E-state index >= 15 is 0 Å². The molecule has 1 aliphatic carbocycles. The largest absolute Gasteiger partial charge is 0.341 e. The summed E-state index contributed by atoms with van der Waals surface area (Å²) in [5.41, 5.74) is 7.17. The quantitative estimate of drug-likeness (QED) is 0.880. The van der Waals surface area contributed by atoms with Gasteiger partial charge in [-0.1, -0.05) is 50.1 Å². The van der Waals surface area contributed by atoms with Gasteiger partial charge in [-0.15, -0.1) is 0 Å². The van der Waals surface area contributed by atoms with E-state index in [4.69, 9.17) is 5.73 Å². The second-order valence-electron chi connectivity index (χ2n) is 6.89. The van der Waals surface area contributed by atoms with Gasteiger partial charge in [0.15, 0.2) is 9.84 Å². The fraction of sp³-hybridized carbons (Fsp3) is 0.611. The zero-order valence-corrected chi connectivity index (χ0v) is 15.5. The molecule has 6 heteroatoms. The van der Waals surface area contributed by atoms with Gasteiger partial charge < -0.3 is 10.6 Å². The van der Waals surface area contributed by atoms with Crippen molar-refractivity contribution in [3.05, 3.63) is 35.9 Å². The Morgan fingerprint density at radius 1 is 1.21 bits per heavy atom. The lowest BCUT2D eigenvalue weighted by atomic mass is 9.90. The van der Waals surface area contributed by atoms with Crippen LogP contribution in [-0.4, -0.2) is 43.8 Å². The highest BCUT2D eigenvalue weighted by Crippen LogP contribution is 2.29. The molecule has 0 bridgehead atoms. The van der Waals surface area contributed by atoms with Gasteiger partial charge in [0.25, 0.3) is 0 Å². The van der Waals surface area contributed by atoms with Crippen molar-refractivity contribution >= 4 is 15.7 Å². The van der Waals surface area contributed by atoms with Crippen LogP contribution in [0.1, 0.15) is 44.2 Å². The van der Waals surface area contributed by atoms with Crippen molar-refractivity contribution < 1.29 is 13.2 Å². The Kier molecular flexibility index (Phi) is 6.04. The molecule has 2 rings (SSSR count). The molecule has 1 saturated carbocycles. The number of hydrogen-bond acceptors (Lipinski definition) is 4. The van der Waals surface area contributed by atoms with Crippen LogP contribution >= 0.6 is 0 Å². The van der Waals surface area contributed by atoms with E-state index in [9.17, 15) is 13.2 Å². The average molecular weight is 353 g/mol. The number of nitrogens with zero attached hydrogens (tertiary/aromatic N) is 1. The minimum atomic E-state index is -3.18. The topological polar surface area (TPSA) is 80.5 Å². The van der Waals surface area contributed by atoms with Crippen LogP contribution in [0.15, 0.2) is 30.3 Å². The van der Waals surface area contributed by atoms with Gasteiger partial charge in [0.05, 0.1) is 11.2 Å². The van der Waals surface area contributed by atoms with E-state index in [0.717, 1.165) is 24.8 Å². The summed E-state index contributed by atoms with van der Waals surface area (Å²) in [6.45, 7) is 1.81. The molecule has 1 aliphatic rings. The van der Waals surface area contributed by atoms with E-state index in [0.29, 0.717) is 6.42 Å². The first-order chi connectivity index (χ1) is 11.2. The van der Waals surface area contributed by atoms with Crippen LogP contribution in [-0.2, 0) is 14.6 Å². The van der Waals surface area contributed by atoms with Crippen molar-refractivity contribution in [2.24, 2.45) is 11.7 Å². The van der Waals surface area contributed by atoms with Crippen molar-refractivity contribution in [1.82, 2.24) is 4.90 Å². The highest BCUT2D eigenvalue weighted by Gasteiger charge is 2.38. The van der Waals surface area contributed by atoms with Gasteiger partial charge in [0.2, 0.25) is 5.91 Å². The normalized spacial score (nSPS) is 24.2. The van der Waals surface area contributed by atoms with E-state index in [-0.39, 0.29) is 11.9 Å². The Morgan fingerprint density at radius 2 is 1.79 bits per heavy atom. The minimum absolute atomic E-state index is 0.0908. The lowest BCUT2D eigenvalue weighted by Gasteiger charge is -2.38. The van der Waals surface area contributed by atoms with Crippen LogP contribution < -0.4 is 5.73 Å². The number of rotatable bonds is 5. The first-order valence-corrected chi connectivity index (χ1v) is 10.4. The van der Waals surface area contributed by atoms with Crippen LogP contribution in [0.4, 0.5) is 0 Å². The maximum absolute atomic E-state index is 12.9. The smallest absolute Gasteiger partial charge is 0.227 e. The van der Waals surface area contributed by atoms with E-state index in [1.165, 1.54) is 6.26 Å². The molecule has 24 heavy (non-hydrogen) atoms. The predicted octanol–water partition coefficient (Wildman–Crippen LogP) is 2.14. The maximum atomic E-state index is 12.9. The fourth-order valence-corrected chi connectivity index (χ4v) is 5.11. The van der Waals surface area contributed by atoms with Gasteiger partial charge in [0, 0.05) is 25.4 Å². The zero-order valence-electron chi connectivity index (χ0n) is 14.7. The number of amides is 1. The van der Waals surface area contributed by atoms with Gasteiger partial charge in [-0.05, 0) is 18.4 Å². The number of nitrogens with two attached hydrogens (primary N) is 1. The maximum Gasteiger partial charge on any atom is 0.227 e. The standard InChI is InChI=1S/C18H28N2O3S/c1-13(17(19)14-9-5-4-6-10-14)18(21)20(2)15-11-7-8-12-16(15)24(3,22)23/h4-6,9-10,13,15-17H,7-8,11-12,19H2,1-3H3. The van der Waals surface area contributed by atoms with Crippen LogP contribution in [0.3, 0.4) is 0 Å². The third-order valence-electron chi connectivity index (χ3n) is 5.18. The average Bonchev–Trinajstić information content (AvgIpc) is 2.59. The van der Waals surface area contributed by atoms with Gasteiger partial charge in [0.1, 0.15) is 0 Å². The number of hydrogen-bond donors (Lipinski definition) is 1. The van der Waals surface area contributed by atoms with Crippen LogP contribution in [0.25, 0.3) is 0 Å². The molecule has 1 fully saturated rings. The summed E-state index contributed by atoms with van der Waals surface area (Å²) in [5.74, 6) is -0.494. The van der Waals surface area contributed by atoms with Gasteiger partial charge in [-0.25, -0.2) is 8.42 Å². The van der Waals surface area contributed by atoms with Crippen LogP contribution in [0, 0.1) is 5.92 Å². The molecule has 0 radical (unpaired) electrons. The molecular weight excluding hydrogens is 324 g/mol. The fourth-order valence-electron chi connectivity index (χ4n) is 3.62. The second-order valence-corrected chi connectivity index (χ2v) is 9.16. The third-order valence-corrected chi connectivity index (χ3v) is 6.83. The minimum Gasteiger partial charge on any atom is -0.341 e. The lowest BCUT2D eigenvalue weighted by molar-refractivity contribution is -0.137. The lowest BCUT2D eigenvalue weighted by Crippen LogP contribution is -2.51. The summed E-state index contributed by atoms with van der Waals surface area (Å²) >= 11 is 0. The molecule has 0 heterocycles. The van der Waals surface area contributed by atoms with Gasteiger partial charge >= 0.3 is 0 Å². The van der Waals surface area contributed by atoms with Gasteiger partial charge in [-0.3, -0.25) is 4.79 Å². The molecule has 2 N–H and O–H groups in total. The molecule has 4 atom stereocenters. The summed E-state index contributed by atoms with van der Waals surface area (Å²) < 4.78 is 24.2. The molecule has 5 nitrogen and oxygen atoms in total. The number of carbonyl (C=O) groups excluding carboxylic acids is 1. The molecule has 134 valence electrons. The summed E-state index contributed by atoms with van der Waals surface area (Å²) in [7, 11) is -1.46. The van der Waals surface area contributed by atoms with E-state index in [1.54, 1.807) is 11.9 Å². The molecule has 0 saturated heterocycles. The highest BCUT2D eigenvalue weighted by atomic mass is 32.2. The van der Waals surface area contributed by atoms with Crippen LogP contribution in [0.2, 0.25) is 0 Å². The molecule has 0 aliphatic heterocycles. The predicted molar refractivity (Wildman–Crippen MR) is 96.2 cm³/mol. The van der Waals surface area contributed by atoms with Crippen molar-refractivity contribution in [3.63, 3.8) is 0 Å². The Labute approximate surface area is 145 Å². The van der Waals surface area contributed by atoms with E-state index in [2.05, 4.69) is 0 Å². The molecule has 1 aromatic rings. The third kappa shape index (κ3) is 4.16. The Bertz CT molecular complexity index is 660. The summed E-state index contributed by atoms with van der Waals surface area (Å²) in [5, 5.41) is -0.472. The Balaban J connectivity index is 2.15. The van der Waals surface area contributed by atoms with Crippen LogP contribution in [0.5, 0.6) is 0 Å². The first kappa shape index (κ1) is 18.9. The molecule has 4 unspecified atom stereocenters. The van der Waals surface area contributed by atoms with Crippen molar-refractivity contribution in [2.45, 2.75) is 49.9 Å². The summed E-state index contributed by atoms with van der Waals surface area (Å²) in [6, 6.07) is 8.87. The summed E-state index contributed by atoms with van der Waals surface area (Å²) in [4.78, 5) is 14.5. The number of carbonyl (C=O) groups is 1. The first-order valence-electron chi connectivity index (χ1n) is 8.49. The number of benzene rings is 1. The Hall–Kier alpha value is -1.40. The Morgan fingerprint density at radius 3 is 2.38 bits per heavy atom. The van der Waals surface area contributed by atoms with E-state index in [1.807, 2.05) is 37.3 Å². The molecule has 1 amide bonds. The van der Waals surface area contributed by atoms with Crippen molar-refractivity contribution in [3.8, 4) is 0 Å². The summed E-state index contributed by atoms with van der Waals surface area (Å²) in [6.07, 6.45) is 4.48. The zero-order chi connectivity index (χ0) is 17.9. The number of sulfone groups is 1. The van der Waals surface area contributed by atoms with Crippen molar-refractivity contribution in [2.75, 3.05) is 13.3 Å². The van der Waals surface area contributed by atoms with Crippen molar-refractivity contribution in [1.29, 1.82) is 0 Å². The molecule has 1 aromatic carbocycles. The molecule has 0 spiro atoms. The van der Waals surface area contributed by atoms with E-state index < -0.39 is 27.0 Å². The highest BCUT2D eigenvalue weighted by molar-refractivity contribution is 7.91.